The molecule has 1 fully saturated rings. The maximum atomic E-state index is 13.1. The van der Waals surface area contributed by atoms with Crippen LogP contribution in [-0.2, 0) is 0 Å². The van der Waals surface area contributed by atoms with Gasteiger partial charge in [0.1, 0.15) is 23.1 Å². The summed E-state index contributed by atoms with van der Waals surface area (Å²) >= 11 is 6.55. The molecule has 7 heteroatoms. The van der Waals surface area contributed by atoms with Gasteiger partial charge >= 0.3 is 0 Å². The van der Waals surface area contributed by atoms with Crippen LogP contribution in [0.2, 0.25) is 5.02 Å². The second-order valence-corrected chi connectivity index (χ2v) is 11.3. The summed E-state index contributed by atoms with van der Waals surface area (Å²) in [6.07, 6.45) is 4.00. The van der Waals surface area contributed by atoms with Crippen LogP contribution >= 0.6 is 11.6 Å². The zero-order chi connectivity index (χ0) is 26.8. The van der Waals surface area contributed by atoms with Gasteiger partial charge in [0.15, 0.2) is 5.78 Å². The van der Waals surface area contributed by atoms with E-state index in [0.717, 1.165) is 18.4 Å². The first-order valence-corrected chi connectivity index (χ1v) is 12.7. The van der Waals surface area contributed by atoms with Gasteiger partial charge in [0, 0.05) is 46.5 Å². The molecule has 1 N–H and O–H groups in total. The highest BCUT2D eigenvalue weighted by molar-refractivity contribution is 6.32. The molecule has 37 heavy (non-hydrogen) atoms. The first-order chi connectivity index (χ1) is 17.5. The first-order valence-electron chi connectivity index (χ1n) is 12.3. The van der Waals surface area contributed by atoms with Gasteiger partial charge in [-0.1, -0.05) is 23.7 Å². The number of piperidine rings is 1. The predicted octanol–water partition coefficient (Wildman–Crippen LogP) is 7.20. The lowest BCUT2D eigenvalue weighted by molar-refractivity contribution is 0.0864. The molecule has 0 unspecified atom stereocenters. The third kappa shape index (κ3) is 6.30. The first kappa shape index (κ1) is 26.7. The predicted molar refractivity (Wildman–Crippen MR) is 145 cm³/mol. The maximum absolute atomic E-state index is 13.1. The molecule has 0 aliphatic carbocycles. The van der Waals surface area contributed by atoms with E-state index in [4.69, 9.17) is 21.1 Å². The van der Waals surface area contributed by atoms with Crippen LogP contribution in [-0.4, -0.2) is 29.0 Å². The van der Waals surface area contributed by atoms with Gasteiger partial charge in [-0.3, -0.25) is 4.79 Å². The minimum atomic E-state index is -0.0170. The summed E-state index contributed by atoms with van der Waals surface area (Å²) in [5, 5.41) is 13.9. The van der Waals surface area contributed by atoms with Crippen molar-refractivity contribution < 1.29 is 14.3 Å². The van der Waals surface area contributed by atoms with Gasteiger partial charge < -0.3 is 14.8 Å². The average Bonchev–Trinajstić information content (AvgIpc) is 2.83. The molecule has 1 saturated heterocycles. The number of nitrogens with one attached hydrogen (secondary N) is 1. The van der Waals surface area contributed by atoms with Crippen molar-refractivity contribution >= 4 is 17.4 Å². The highest BCUT2D eigenvalue weighted by Gasteiger charge is 2.38. The molecule has 0 atom stereocenters. The number of ether oxygens (including phenoxy) is 2. The third-order valence-electron chi connectivity index (χ3n) is 6.62. The Morgan fingerprint density at radius 3 is 2.43 bits per heavy atom. The number of aromatic nitrogens is 1. The van der Waals surface area contributed by atoms with Gasteiger partial charge in [0.25, 0.3) is 0 Å². The molecule has 0 amide bonds. The van der Waals surface area contributed by atoms with Gasteiger partial charge in [-0.15, -0.1) is 0 Å². The molecule has 4 rings (SSSR count). The number of halogens is 1. The molecule has 2 heterocycles. The number of carbonyl (C=O) groups excluding carboxylic acids is 1. The summed E-state index contributed by atoms with van der Waals surface area (Å²) in [5.74, 6) is 1.60. The number of rotatable bonds is 7. The SMILES string of the molecule is COc1ccc(-c2cccc(Oc3ccc(C(=O)CC4CC(C)(C)NC(C)(C)C4)cc3Cl)c2C#N)cn1. The summed E-state index contributed by atoms with van der Waals surface area (Å²) in [4.78, 5) is 17.4. The van der Waals surface area contributed by atoms with Gasteiger partial charge in [0.2, 0.25) is 5.88 Å². The van der Waals surface area contributed by atoms with Crippen molar-refractivity contribution in [2.24, 2.45) is 5.92 Å². The Morgan fingerprint density at radius 1 is 1.11 bits per heavy atom. The second-order valence-electron chi connectivity index (χ2n) is 10.9. The molecule has 0 spiro atoms. The van der Waals surface area contributed by atoms with Crippen molar-refractivity contribution in [3.8, 4) is 34.6 Å². The van der Waals surface area contributed by atoms with Crippen LogP contribution in [0.15, 0.2) is 54.7 Å². The zero-order valence-electron chi connectivity index (χ0n) is 21.9. The number of methoxy groups -OCH3 is 1. The zero-order valence-corrected chi connectivity index (χ0v) is 22.6. The molecule has 1 aliphatic rings. The van der Waals surface area contributed by atoms with Gasteiger partial charge in [-0.25, -0.2) is 4.98 Å². The number of ketones is 1. The molecular weight excluding hydrogens is 486 g/mol. The van der Waals surface area contributed by atoms with Gasteiger partial charge in [-0.2, -0.15) is 5.26 Å². The quantitative estimate of drug-likeness (QED) is 0.333. The Kier molecular flexibility index (Phi) is 7.59. The van der Waals surface area contributed by atoms with Crippen molar-refractivity contribution in [3.63, 3.8) is 0 Å². The van der Waals surface area contributed by atoms with Crippen molar-refractivity contribution in [2.75, 3.05) is 7.11 Å². The van der Waals surface area contributed by atoms with E-state index < -0.39 is 0 Å². The van der Waals surface area contributed by atoms with E-state index in [1.165, 1.54) is 0 Å². The molecule has 0 saturated carbocycles. The van der Waals surface area contributed by atoms with E-state index in [1.807, 2.05) is 18.2 Å². The molecule has 192 valence electrons. The smallest absolute Gasteiger partial charge is 0.212 e. The maximum Gasteiger partial charge on any atom is 0.212 e. The van der Waals surface area contributed by atoms with E-state index in [9.17, 15) is 10.1 Å². The Hall–Kier alpha value is -3.40. The highest BCUT2D eigenvalue weighted by atomic mass is 35.5. The molecular formula is C30H32ClN3O3. The fourth-order valence-corrected chi connectivity index (χ4v) is 5.79. The van der Waals surface area contributed by atoms with Gasteiger partial charge in [-0.05, 0) is 76.8 Å². The van der Waals surface area contributed by atoms with Crippen LogP contribution in [0.1, 0.15) is 62.9 Å². The summed E-state index contributed by atoms with van der Waals surface area (Å²) in [6, 6.07) is 16.3. The van der Waals surface area contributed by atoms with E-state index in [0.29, 0.717) is 51.4 Å². The lowest BCUT2D eigenvalue weighted by atomic mass is 9.74. The Morgan fingerprint density at radius 2 is 1.84 bits per heavy atom. The van der Waals surface area contributed by atoms with E-state index in [2.05, 4.69) is 44.1 Å². The molecule has 0 radical (unpaired) electrons. The summed E-state index contributed by atoms with van der Waals surface area (Å²) in [6.45, 7) is 8.74. The van der Waals surface area contributed by atoms with E-state index in [-0.39, 0.29) is 16.9 Å². The van der Waals surface area contributed by atoms with Crippen molar-refractivity contribution in [3.05, 3.63) is 70.9 Å². The minimum Gasteiger partial charge on any atom is -0.481 e. The number of hydrogen-bond acceptors (Lipinski definition) is 6. The molecule has 6 nitrogen and oxygen atoms in total. The van der Waals surface area contributed by atoms with E-state index in [1.54, 1.807) is 43.6 Å². The van der Waals surface area contributed by atoms with Crippen LogP contribution in [0.5, 0.6) is 17.4 Å². The largest absolute Gasteiger partial charge is 0.481 e. The number of benzene rings is 2. The molecule has 1 aliphatic heterocycles. The number of carbonyl (C=O) groups is 1. The Labute approximate surface area is 223 Å². The molecule has 1 aromatic heterocycles. The average molecular weight is 518 g/mol. The summed E-state index contributed by atoms with van der Waals surface area (Å²) in [5.41, 5.74) is 2.34. The fraction of sp³-hybridized carbons (Fsp3) is 0.367. The van der Waals surface area contributed by atoms with Crippen molar-refractivity contribution in [1.82, 2.24) is 10.3 Å². The van der Waals surface area contributed by atoms with Crippen LogP contribution in [0.4, 0.5) is 0 Å². The minimum absolute atomic E-state index is 0.0170. The Balaban J connectivity index is 1.53. The van der Waals surface area contributed by atoms with Crippen LogP contribution < -0.4 is 14.8 Å². The molecule has 0 bridgehead atoms. The monoisotopic (exact) mass is 517 g/mol. The van der Waals surface area contributed by atoms with Crippen LogP contribution in [0.3, 0.4) is 0 Å². The molecule has 2 aromatic carbocycles. The molecule has 3 aromatic rings. The second kappa shape index (κ2) is 10.5. The van der Waals surface area contributed by atoms with Crippen LogP contribution in [0.25, 0.3) is 11.1 Å². The lowest BCUT2D eigenvalue weighted by Gasteiger charge is -2.46. The topological polar surface area (TPSA) is 84.2 Å². The van der Waals surface area contributed by atoms with Crippen LogP contribution in [0, 0.1) is 17.2 Å². The fourth-order valence-electron chi connectivity index (χ4n) is 5.57. The van der Waals surface area contributed by atoms with Crippen molar-refractivity contribution in [1.29, 1.82) is 5.26 Å². The highest BCUT2D eigenvalue weighted by Crippen LogP contribution is 2.38. The van der Waals surface area contributed by atoms with Gasteiger partial charge in [0.05, 0.1) is 12.1 Å². The number of nitrogens with zero attached hydrogens (tertiary/aromatic N) is 2. The number of pyridine rings is 1. The summed E-state index contributed by atoms with van der Waals surface area (Å²) < 4.78 is 11.2. The number of nitriles is 1. The number of hydrogen-bond donors (Lipinski definition) is 1. The Bertz CT molecular complexity index is 1330. The van der Waals surface area contributed by atoms with E-state index >= 15 is 0 Å². The normalized spacial score (nSPS) is 16.6. The third-order valence-corrected chi connectivity index (χ3v) is 6.91. The lowest BCUT2D eigenvalue weighted by Crippen LogP contribution is -2.57. The standard InChI is InChI=1S/C30H32ClN3O3/c1-29(2)15-19(16-30(3,4)34-29)13-25(35)20-9-11-27(24(31)14-20)37-26-8-6-7-22(23(26)17-32)21-10-12-28(36-5)33-18-21/h6-12,14,18-19,34H,13,15-16H2,1-5H3. The summed E-state index contributed by atoms with van der Waals surface area (Å²) in [7, 11) is 1.55. The number of Topliss-reactive ketones (excluding diaryl/α,β-unsaturated/α-hetero) is 1. The van der Waals surface area contributed by atoms with Crippen molar-refractivity contribution in [2.45, 2.75) is 58.0 Å².